The molecule has 1 aliphatic rings. The molecule has 3 aromatic rings. The average Bonchev–Trinajstić information content (AvgIpc) is 2.74. The van der Waals surface area contributed by atoms with Gasteiger partial charge in [-0.3, -0.25) is 14.5 Å². The highest BCUT2D eigenvalue weighted by molar-refractivity contribution is 6.34. The van der Waals surface area contributed by atoms with E-state index in [1.807, 2.05) is 0 Å². The van der Waals surface area contributed by atoms with Crippen LogP contribution in [0.1, 0.15) is 21.6 Å². The Morgan fingerprint density at radius 2 is 1.74 bits per heavy atom. The first-order valence-corrected chi connectivity index (χ1v) is 10.2. The lowest BCUT2D eigenvalue weighted by atomic mass is 10.0. The summed E-state index contributed by atoms with van der Waals surface area (Å²) in [7, 11) is 0. The van der Waals surface area contributed by atoms with E-state index in [4.69, 9.17) is 18.2 Å². The highest BCUT2D eigenvalue weighted by Crippen LogP contribution is 2.42. The summed E-state index contributed by atoms with van der Waals surface area (Å²) in [6.45, 7) is 10.6. The van der Waals surface area contributed by atoms with Gasteiger partial charge in [0.25, 0.3) is 5.91 Å². The molecule has 0 atom stereocenters. The largest absolute Gasteiger partial charge is 0.573 e. The van der Waals surface area contributed by atoms with Crippen LogP contribution in [-0.4, -0.2) is 23.9 Å². The molecule has 2 heterocycles. The number of fused-ring (bicyclic) bond motifs is 1. The van der Waals surface area contributed by atoms with Crippen molar-refractivity contribution in [1.29, 1.82) is 0 Å². The molecule has 7 nitrogen and oxygen atoms in total. The van der Waals surface area contributed by atoms with Crippen LogP contribution in [0.25, 0.3) is 4.85 Å². The molecule has 11 heteroatoms. The fraction of sp³-hybridized carbons (Fsp3) is 0.174. The third kappa shape index (κ3) is 4.30. The van der Waals surface area contributed by atoms with Gasteiger partial charge in [0.05, 0.1) is 17.8 Å². The molecule has 1 amide bonds. The zero-order valence-electron chi connectivity index (χ0n) is 17.8. The van der Waals surface area contributed by atoms with Crippen molar-refractivity contribution in [3.05, 3.63) is 86.1 Å². The normalized spacial score (nSPS) is 13.5. The van der Waals surface area contributed by atoms with Crippen molar-refractivity contribution in [1.82, 2.24) is 4.98 Å². The maximum atomic E-state index is 13.4. The van der Waals surface area contributed by atoms with Gasteiger partial charge in [0.2, 0.25) is 11.2 Å². The summed E-state index contributed by atoms with van der Waals surface area (Å²) in [6.07, 6.45) is -4.84. The number of H-pyrrole nitrogens is 1. The zero-order valence-corrected chi connectivity index (χ0v) is 18.6. The first-order valence-electron chi connectivity index (χ1n) is 9.85. The number of benzene rings is 2. The van der Waals surface area contributed by atoms with Crippen molar-refractivity contribution in [3.63, 3.8) is 0 Å². The van der Waals surface area contributed by atoms with Gasteiger partial charge in [0.1, 0.15) is 12.4 Å². The number of alkyl halides is 3. The van der Waals surface area contributed by atoms with Crippen molar-refractivity contribution in [2.24, 2.45) is 0 Å². The van der Waals surface area contributed by atoms with Gasteiger partial charge in [0.15, 0.2) is 0 Å². The molecule has 0 radical (unpaired) electrons. The number of carbonyl (C=O) groups excluding carboxylic acids is 1. The lowest BCUT2D eigenvalue weighted by Crippen LogP contribution is -2.45. The molecule has 1 aliphatic heterocycles. The fourth-order valence-electron chi connectivity index (χ4n) is 3.84. The van der Waals surface area contributed by atoms with Gasteiger partial charge in [-0.15, -0.1) is 13.2 Å². The van der Waals surface area contributed by atoms with Crippen molar-refractivity contribution in [2.45, 2.75) is 20.2 Å². The molecule has 2 aromatic carbocycles. The molecule has 174 valence electrons. The Hall–Kier alpha value is -3.97. The van der Waals surface area contributed by atoms with E-state index >= 15 is 0 Å². The predicted molar refractivity (Wildman–Crippen MR) is 121 cm³/mol. The molecule has 0 unspecified atom stereocenters. The number of amides is 1. The number of aromatic nitrogens is 1. The lowest BCUT2D eigenvalue weighted by molar-refractivity contribution is -0.274. The number of nitrogens with zero attached hydrogens (tertiary/aromatic N) is 3. The monoisotopic (exact) mass is 488 g/mol. The number of aromatic amines is 1. The Morgan fingerprint density at radius 1 is 1.03 bits per heavy atom. The number of pyridine rings is 1. The molecule has 0 bridgehead atoms. The van der Waals surface area contributed by atoms with Crippen molar-refractivity contribution < 1.29 is 22.7 Å². The van der Waals surface area contributed by atoms with E-state index in [-0.39, 0.29) is 34.3 Å². The Labute approximate surface area is 196 Å². The Bertz CT molecular complexity index is 1410. The second-order valence-corrected chi connectivity index (χ2v) is 7.97. The highest BCUT2D eigenvalue weighted by Gasteiger charge is 2.34. The second kappa shape index (κ2) is 8.43. The molecule has 0 saturated heterocycles. The van der Waals surface area contributed by atoms with E-state index in [0.717, 1.165) is 0 Å². The molecule has 34 heavy (non-hydrogen) atoms. The van der Waals surface area contributed by atoms with Crippen LogP contribution in [0, 0.1) is 20.4 Å². The van der Waals surface area contributed by atoms with Crippen LogP contribution in [0.3, 0.4) is 0 Å². The highest BCUT2D eigenvalue weighted by atomic mass is 35.5. The summed E-state index contributed by atoms with van der Waals surface area (Å²) >= 11 is 6.21. The van der Waals surface area contributed by atoms with Gasteiger partial charge in [-0.25, -0.2) is 4.85 Å². The minimum atomic E-state index is -4.84. The van der Waals surface area contributed by atoms with Gasteiger partial charge in [-0.05, 0) is 55.8 Å². The topological polar surface area (TPSA) is 70.0 Å². The lowest BCUT2D eigenvalue weighted by Gasteiger charge is -2.39. The number of carbonyl (C=O) groups is 1. The molecular weight excluding hydrogens is 473 g/mol. The molecular formula is C23H16ClF3N4O3. The van der Waals surface area contributed by atoms with Crippen LogP contribution in [0.15, 0.2) is 47.3 Å². The first-order chi connectivity index (χ1) is 16.0. The predicted octanol–water partition coefficient (Wildman–Crippen LogP) is 5.85. The Balaban J connectivity index is 1.88. The number of hydrogen-bond acceptors (Lipinski definition) is 4. The molecule has 0 saturated carbocycles. The number of aryl methyl sites for hydroxylation is 2. The zero-order chi connectivity index (χ0) is 24.8. The van der Waals surface area contributed by atoms with E-state index in [9.17, 15) is 22.8 Å². The third-order valence-electron chi connectivity index (χ3n) is 5.31. The van der Waals surface area contributed by atoms with Gasteiger partial charge < -0.3 is 14.6 Å². The molecule has 1 aromatic heterocycles. The van der Waals surface area contributed by atoms with Gasteiger partial charge >= 0.3 is 6.36 Å². The van der Waals surface area contributed by atoms with E-state index in [1.54, 1.807) is 18.7 Å². The number of halogens is 4. The molecule has 0 aliphatic carbocycles. The number of nitrogens with one attached hydrogen (secondary N) is 1. The number of ether oxygens (including phenoxy) is 1. The maximum absolute atomic E-state index is 13.4. The van der Waals surface area contributed by atoms with E-state index in [0.29, 0.717) is 28.3 Å². The summed E-state index contributed by atoms with van der Waals surface area (Å²) in [5.74, 6) is -0.789. The van der Waals surface area contributed by atoms with Crippen LogP contribution in [0.5, 0.6) is 5.75 Å². The van der Waals surface area contributed by atoms with Crippen LogP contribution < -0.4 is 20.1 Å². The van der Waals surface area contributed by atoms with Gasteiger partial charge in [0, 0.05) is 28.2 Å². The Kier molecular flexibility index (Phi) is 5.75. The van der Waals surface area contributed by atoms with Crippen LogP contribution in [0.4, 0.5) is 35.9 Å². The quantitative estimate of drug-likeness (QED) is 0.469. The van der Waals surface area contributed by atoms with Crippen molar-refractivity contribution in [3.8, 4) is 5.75 Å². The fourth-order valence-corrected chi connectivity index (χ4v) is 4.05. The van der Waals surface area contributed by atoms with Crippen LogP contribution in [-0.2, 0) is 0 Å². The minimum Gasteiger partial charge on any atom is -0.406 e. The summed E-state index contributed by atoms with van der Waals surface area (Å²) in [4.78, 5) is 34.2. The van der Waals surface area contributed by atoms with Gasteiger partial charge in [-0.2, -0.15) is 0 Å². The van der Waals surface area contributed by atoms with Crippen LogP contribution >= 0.6 is 11.6 Å². The Morgan fingerprint density at radius 3 is 2.35 bits per heavy atom. The molecule has 0 fully saturated rings. The summed E-state index contributed by atoms with van der Waals surface area (Å²) in [5.41, 5.74) is 2.22. The summed E-state index contributed by atoms with van der Waals surface area (Å²) in [5, 5.41) is 0.0905. The van der Waals surface area contributed by atoms with Crippen molar-refractivity contribution >= 4 is 40.3 Å². The van der Waals surface area contributed by atoms with Crippen molar-refractivity contribution in [2.75, 3.05) is 16.5 Å². The second-order valence-electron chi connectivity index (χ2n) is 7.56. The summed E-state index contributed by atoms with van der Waals surface area (Å²) in [6, 6.07) is 9.52. The first kappa shape index (κ1) is 23.2. The van der Waals surface area contributed by atoms with E-state index < -0.39 is 12.3 Å². The molecule has 1 N–H and O–H groups in total. The van der Waals surface area contributed by atoms with Gasteiger partial charge in [-0.1, -0.05) is 11.6 Å². The summed E-state index contributed by atoms with van der Waals surface area (Å²) < 4.78 is 42.0. The van der Waals surface area contributed by atoms with Crippen LogP contribution in [0.2, 0.25) is 5.02 Å². The molecule has 0 spiro atoms. The third-order valence-corrected chi connectivity index (χ3v) is 5.61. The standard InChI is InChI=1S/C23H16ClF3N4O3/c1-12-8-14(34-23(25,26)27)4-5-18(12)30-11-31(19-6-7-21(32)29-13(19)2)22(33)15-9-16(24)17(28-3)10-20(15)30/h4-10H,11H2,1-2H3,(H,29,32). The number of hydrogen-bond donors (Lipinski definition) is 1. The molecule has 4 rings (SSSR count). The number of rotatable bonds is 3. The number of anilines is 3. The smallest absolute Gasteiger partial charge is 0.406 e. The average molecular weight is 489 g/mol. The van der Waals surface area contributed by atoms with E-state index in [2.05, 4.69) is 14.6 Å². The van der Waals surface area contributed by atoms with E-state index in [1.165, 1.54) is 47.4 Å². The SMILES string of the molecule is [C-]#[N+]c1cc2c(cc1Cl)C(=O)N(c1ccc(=O)[nH]c1C)CN2c1ccc(OC(F)(F)F)cc1C. The maximum Gasteiger partial charge on any atom is 0.573 e. The minimum absolute atomic E-state index is 0.0297.